The van der Waals surface area contributed by atoms with Gasteiger partial charge in [-0.05, 0) is 48.7 Å². The zero-order valence-corrected chi connectivity index (χ0v) is 18.4. The fourth-order valence-corrected chi connectivity index (χ4v) is 4.89. The molecule has 0 bridgehead atoms. The lowest BCUT2D eigenvalue weighted by molar-refractivity contribution is 0.0472. The van der Waals surface area contributed by atoms with E-state index in [9.17, 15) is 13.2 Å². The van der Waals surface area contributed by atoms with Gasteiger partial charge < -0.3 is 18.9 Å². The van der Waals surface area contributed by atoms with Crippen molar-refractivity contribution < 1.29 is 32.2 Å². The summed E-state index contributed by atoms with van der Waals surface area (Å²) >= 11 is 6.27. The fourth-order valence-electron chi connectivity index (χ4n) is 3.10. The molecule has 0 aromatic heterocycles. The van der Waals surface area contributed by atoms with Gasteiger partial charge in [-0.1, -0.05) is 11.6 Å². The fraction of sp³-hybridized carbons (Fsp3) is 0.381. The molecule has 0 radical (unpaired) electrons. The molecule has 31 heavy (non-hydrogen) atoms. The lowest BCUT2D eigenvalue weighted by Gasteiger charge is -2.13. The minimum atomic E-state index is -3.81. The molecule has 10 heteroatoms. The second kappa shape index (κ2) is 8.94. The van der Waals surface area contributed by atoms with Gasteiger partial charge in [0.05, 0.1) is 30.9 Å². The number of esters is 1. The number of halogens is 1. The third-order valence-corrected chi connectivity index (χ3v) is 6.64. The van der Waals surface area contributed by atoms with Crippen molar-refractivity contribution in [1.29, 1.82) is 0 Å². The van der Waals surface area contributed by atoms with E-state index in [0.29, 0.717) is 35.3 Å². The first-order valence-electron chi connectivity index (χ1n) is 9.83. The van der Waals surface area contributed by atoms with Gasteiger partial charge in [0.15, 0.2) is 11.5 Å². The molecule has 2 aromatic carbocycles. The van der Waals surface area contributed by atoms with Crippen LogP contribution in [-0.2, 0) is 21.4 Å². The van der Waals surface area contributed by atoms with Crippen LogP contribution in [0, 0.1) is 0 Å². The summed E-state index contributed by atoms with van der Waals surface area (Å²) in [5.74, 6) is 0.454. The van der Waals surface area contributed by atoms with Crippen LogP contribution < -0.4 is 18.9 Å². The summed E-state index contributed by atoms with van der Waals surface area (Å²) in [4.78, 5) is 12.5. The topological polar surface area (TPSA) is 100 Å². The molecule has 166 valence electrons. The van der Waals surface area contributed by atoms with Crippen LogP contribution in [0.2, 0.25) is 5.02 Å². The third-order valence-electron chi connectivity index (χ3n) is 4.82. The molecule has 1 aliphatic heterocycles. The molecule has 0 amide bonds. The molecule has 0 unspecified atom stereocenters. The van der Waals surface area contributed by atoms with Crippen LogP contribution in [-0.4, -0.2) is 40.8 Å². The molecule has 1 aliphatic carbocycles. The lowest BCUT2D eigenvalue weighted by Crippen LogP contribution is -2.26. The van der Waals surface area contributed by atoms with E-state index in [1.165, 1.54) is 25.3 Å². The van der Waals surface area contributed by atoms with Gasteiger partial charge in [0.1, 0.15) is 17.3 Å². The van der Waals surface area contributed by atoms with Crippen molar-refractivity contribution >= 4 is 27.6 Å². The van der Waals surface area contributed by atoms with E-state index in [2.05, 4.69) is 4.72 Å². The molecule has 0 saturated heterocycles. The van der Waals surface area contributed by atoms with Gasteiger partial charge in [-0.25, -0.2) is 17.9 Å². The number of fused-ring (bicyclic) bond motifs is 1. The zero-order valence-electron chi connectivity index (χ0n) is 16.9. The highest BCUT2D eigenvalue weighted by molar-refractivity contribution is 7.89. The average molecular weight is 468 g/mol. The van der Waals surface area contributed by atoms with Crippen molar-refractivity contribution in [2.24, 2.45) is 0 Å². The van der Waals surface area contributed by atoms with Crippen molar-refractivity contribution in [3.8, 4) is 17.2 Å². The molecule has 0 atom stereocenters. The predicted octanol–water partition coefficient (Wildman–Crippen LogP) is 3.31. The molecular weight excluding hydrogens is 446 g/mol. The first kappa shape index (κ1) is 21.7. The Labute approximate surface area is 185 Å². The highest BCUT2D eigenvalue weighted by atomic mass is 35.5. The molecule has 2 aliphatic rings. The average Bonchev–Trinajstić information content (AvgIpc) is 3.58. The van der Waals surface area contributed by atoms with Crippen LogP contribution in [0.25, 0.3) is 0 Å². The predicted molar refractivity (Wildman–Crippen MR) is 113 cm³/mol. The Morgan fingerprint density at radius 1 is 1.19 bits per heavy atom. The Morgan fingerprint density at radius 2 is 1.97 bits per heavy atom. The van der Waals surface area contributed by atoms with Crippen LogP contribution in [0.3, 0.4) is 0 Å². The molecule has 4 rings (SSSR count). The molecule has 1 N–H and O–H groups in total. The van der Waals surface area contributed by atoms with Crippen molar-refractivity contribution in [2.45, 2.75) is 36.8 Å². The van der Waals surface area contributed by atoms with Crippen molar-refractivity contribution in [1.82, 2.24) is 4.72 Å². The number of carbonyl (C=O) groups excluding carboxylic acids is 1. The molecule has 1 heterocycles. The largest absolute Gasteiger partial charge is 0.495 e. The molecule has 1 saturated carbocycles. The number of carbonyl (C=O) groups is 1. The van der Waals surface area contributed by atoms with Crippen LogP contribution >= 0.6 is 11.6 Å². The van der Waals surface area contributed by atoms with Crippen LogP contribution in [0.4, 0.5) is 0 Å². The standard InChI is InChI=1S/C21H22ClNO7S/c1-27-17-6-3-14(11-19(17)31(25,26)23-15-4-5-15)21(24)30-12-13-9-16(22)20-18(10-13)28-7-2-8-29-20/h3,6,9-11,15,23H,2,4-5,7-8,12H2,1H3. The SMILES string of the molecule is COc1ccc(C(=O)OCc2cc(Cl)c3c(c2)OCCCO3)cc1S(=O)(=O)NC1CC1. The molecule has 1 fully saturated rings. The number of nitrogens with one attached hydrogen (secondary N) is 1. The maximum Gasteiger partial charge on any atom is 0.338 e. The number of hydrogen-bond donors (Lipinski definition) is 1. The number of hydrogen-bond acceptors (Lipinski definition) is 7. The minimum Gasteiger partial charge on any atom is -0.495 e. The lowest BCUT2D eigenvalue weighted by atomic mass is 10.2. The van der Waals surface area contributed by atoms with Gasteiger partial charge in [0.25, 0.3) is 0 Å². The number of sulfonamides is 1. The molecule has 2 aromatic rings. The summed E-state index contributed by atoms with van der Waals surface area (Å²) in [7, 11) is -2.44. The van der Waals surface area contributed by atoms with E-state index < -0.39 is 16.0 Å². The number of benzene rings is 2. The number of ether oxygens (including phenoxy) is 4. The smallest absolute Gasteiger partial charge is 0.338 e. The number of rotatable bonds is 7. The van der Waals surface area contributed by atoms with Gasteiger partial charge in [-0.2, -0.15) is 0 Å². The molecule has 0 spiro atoms. The summed E-state index contributed by atoms with van der Waals surface area (Å²) in [6.45, 7) is 0.952. The van der Waals surface area contributed by atoms with E-state index in [1.54, 1.807) is 12.1 Å². The second-order valence-corrected chi connectivity index (χ2v) is 9.38. The van der Waals surface area contributed by atoms with Crippen molar-refractivity contribution in [2.75, 3.05) is 20.3 Å². The quantitative estimate of drug-likeness (QED) is 0.623. The summed E-state index contributed by atoms with van der Waals surface area (Å²) in [6.07, 6.45) is 2.33. The summed E-state index contributed by atoms with van der Waals surface area (Å²) in [5.41, 5.74) is 0.719. The third kappa shape index (κ3) is 5.06. The Balaban J connectivity index is 1.51. The van der Waals surface area contributed by atoms with Crippen molar-refractivity contribution in [3.05, 3.63) is 46.5 Å². The van der Waals surface area contributed by atoms with E-state index in [1.807, 2.05) is 0 Å². The van der Waals surface area contributed by atoms with E-state index >= 15 is 0 Å². The monoisotopic (exact) mass is 467 g/mol. The highest BCUT2D eigenvalue weighted by Crippen LogP contribution is 2.38. The summed E-state index contributed by atoms with van der Waals surface area (Å²) in [5, 5.41) is 0.370. The Kier molecular flexibility index (Phi) is 6.27. The summed E-state index contributed by atoms with van der Waals surface area (Å²) < 4.78 is 49.6. The second-order valence-electron chi connectivity index (χ2n) is 7.29. The Hall–Kier alpha value is -2.49. The van der Waals surface area contributed by atoms with Gasteiger partial charge >= 0.3 is 5.97 Å². The van der Waals surface area contributed by atoms with E-state index in [0.717, 1.165) is 19.3 Å². The highest BCUT2D eigenvalue weighted by Gasteiger charge is 2.30. The van der Waals surface area contributed by atoms with Gasteiger partial charge in [-0.15, -0.1) is 0 Å². The maximum absolute atomic E-state index is 12.6. The van der Waals surface area contributed by atoms with Crippen LogP contribution in [0.5, 0.6) is 17.2 Å². The van der Waals surface area contributed by atoms with Gasteiger partial charge in [0.2, 0.25) is 10.0 Å². The zero-order chi connectivity index (χ0) is 22.0. The molecular formula is C21H22ClNO7S. The van der Waals surface area contributed by atoms with Gasteiger partial charge in [0, 0.05) is 12.5 Å². The first-order valence-corrected chi connectivity index (χ1v) is 11.7. The maximum atomic E-state index is 12.6. The van der Waals surface area contributed by atoms with Crippen LogP contribution in [0.15, 0.2) is 35.2 Å². The van der Waals surface area contributed by atoms with Crippen LogP contribution in [0.1, 0.15) is 35.2 Å². The normalized spacial score (nSPS) is 15.8. The summed E-state index contributed by atoms with van der Waals surface area (Å²) in [6, 6.07) is 7.43. The Bertz CT molecular complexity index is 1100. The van der Waals surface area contributed by atoms with E-state index in [4.69, 9.17) is 30.5 Å². The first-order chi connectivity index (χ1) is 14.9. The number of methoxy groups -OCH3 is 1. The minimum absolute atomic E-state index is 0.0658. The Morgan fingerprint density at radius 3 is 2.71 bits per heavy atom. The van der Waals surface area contributed by atoms with Crippen molar-refractivity contribution in [3.63, 3.8) is 0 Å². The molecule has 8 nitrogen and oxygen atoms in total. The van der Waals surface area contributed by atoms with E-state index in [-0.39, 0.29) is 28.9 Å². The van der Waals surface area contributed by atoms with Gasteiger partial charge in [-0.3, -0.25) is 0 Å².